The van der Waals surface area contributed by atoms with Crippen molar-refractivity contribution >= 4 is 21.9 Å². The molecule has 0 unspecified atom stereocenters. The van der Waals surface area contributed by atoms with E-state index in [1.165, 1.54) is 0 Å². The normalized spacial score (nSPS) is 10.4. The Morgan fingerprint density at radius 3 is 2.43 bits per heavy atom. The summed E-state index contributed by atoms with van der Waals surface area (Å²) in [6, 6.07) is 10.8. The molecule has 0 amide bonds. The number of esters is 1. The molecule has 0 spiro atoms. The van der Waals surface area contributed by atoms with Crippen molar-refractivity contribution in [2.75, 3.05) is 20.3 Å². The molecule has 0 aliphatic heterocycles. The summed E-state index contributed by atoms with van der Waals surface area (Å²) in [5.74, 6) is 0.823. The fourth-order valence-electron chi connectivity index (χ4n) is 2.05. The summed E-state index contributed by atoms with van der Waals surface area (Å²) in [5, 5.41) is 0. The minimum Gasteiger partial charge on any atom is -0.490 e. The standard InChI is InChI=1S/C18H19BrO4/c1-12-4-6-16(13(2)10-12)23-18(20)14-5-7-17(15(19)11-14)22-9-8-21-3/h4-7,10-11H,8-9H2,1-3H3. The minimum absolute atomic E-state index is 0.402. The third-order valence-electron chi connectivity index (χ3n) is 3.25. The monoisotopic (exact) mass is 378 g/mol. The van der Waals surface area contributed by atoms with Gasteiger partial charge in [-0.25, -0.2) is 4.79 Å². The Morgan fingerprint density at radius 1 is 1.04 bits per heavy atom. The van der Waals surface area contributed by atoms with E-state index >= 15 is 0 Å². The van der Waals surface area contributed by atoms with Crippen molar-refractivity contribution in [2.24, 2.45) is 0 Å². The van der Waals surface area contributed by atoms with E-state index in [9.17, 15) is 4.79 Å². The molecule has 5 heteroatoms. The number of carbonyl (C=O) groups excluding carboxylic acids is 1. The summed E-state index contributed by atoms with van der Waals surface area (Å²) in [7, 11) is 1.62. The van der Waals surface area contributed by atoms with Crippen LogP contribution >= 0.6 is 15.9 Å². The zero-order valence-corrected chi connectivity index (χ0v) is 15.0. The largest absolute Gasteiger partial charge is 0.490 e. The van der Waals surface area contributed by atoms with E-state index in [0.717, 1.165) is 11.1 Å². The number of rotatable bonds is 6. The summed E-state index contributed by atoms with van der Waals surface area (Å²) in [4.78, 5) is 12.3. The van der Waals surface area contributed by atoms with E-state index in [2.05, 4.69) is 15.9 Å². The molecule has 2 rings (SSSR count). The van der Waals surface area contributed by atoms with Crippen molar-refractivity contribution < 1.29 is 19.0 Å². The maximum Gasteiger partial charge on any atom is 0.343 e. The van der Waals surface area contributed by atoms with Crippen LogP contribution in [0.3, 0.4) is 0 Å². The molecule has 0 aliphatic rings. The quantitative estimate of drug-likeness (QED) is 0.426. The van der Waals surface area contributed by atoms with Gasteiger partial charge in [-0.3, -0.25) is 0 Å². The molecular weight excluding hydrogens is 360 g/mol. The van der Waals surface area contributed by atoms with Crippen LogP contribution < -0.4 is 9.47 Å². The minimum atomic E-state index is -0.402. The van der Waals surface area contributed by atoms with Crippen LogP contribution in [0.5, 0.6) is 11.5 Å². The molecular formula is C18H19BrO4. The van der Waals surface area contributed by atoms with E-state index in [1.807, 2.05) is 26.0 Å². The highest BCUT2D eigenvalue weighted by Gasteiger charge is 2.13. The van der Waals surface area contributed by atoms with Gasteiger partial charge in [0.1, 0.15) is 18.1 Å². The van der Waals surface area contributed by atoms with E-state index in [1.54, 1.807) is 31.4 Å². The summed E-state index contributed by atoms with van der Waals surface area (Å²) in [6.07, 6.45) is 0. The van der Waals surface area contributed by atoms with Crippen LogP contribution in [-0.2, 0) is 4.74 Å². The zero-order valence-electron chi connectivity index (χ0n) is 13.4. The Kier molecular flexibility index (Phi) is 6.19. The number of aryl methyl sites for hydroxylation is 2. The van der Waals surface area contributed by atoms with Crippen LogP contribution in [0.2, 0.25) is 0 Å². The van der Waals surface area contributed by atoms with E-state index < -0.39 is 5.97 Å². The Labute approximate surface area is 144 Å². The number of benzene rings is 2. The van der Waals surface area contributed by atoms with Crippen molar-refractivity contribution in [1.82, 2.24) is 0 Å². The van der Waals surface area contributed by atoms with Gasteiger partial charge in [-0.05, 0) is 59.6 Å². The summed E-state index contributed by atoms with van der Waals surface area (Å²) in [6.45, 7) is 4.86. The molecule has 122 valence electrons. The lowest BCUT2D eigenvalue weighted by molar-refractivity contribution is 0.0733. The number of hydrogen-bond acceptors (Lipinski definition) is 4. The van der Waals surface area contributed by atoms with Crippen LogP contribution in [0.4, 0.5) is 0 Å². The van der Waals surface area contributed by atoms with Crippen LogP contribution in [-0.4, -0.2) is 26.3 Å². The average molecular weight is 379 g/mol. The first kappa shape index (κ1) is 17.5. The third kappa shape index (κ3) is 4.81. The van der Waals surface area contributed by atoms with Gasteiger partial charge in [-0.1, -0.05) is 17.7 Å². The molecule has 0 radical (unpaired) electrons. The summed E-state index contributed by atoms with van der Waals surface area (Å²) >= 11 is 3.40. The summed E-state index contributed by atoms with van der Waals surface area (Å²) < 4.78 is 16.6. The van der Waals surface area contributed by atoms with Gasteiger partial charge in [-0.15, -0.1) is 0 Å². The predicted molar refractivity (Wildman–Crippen MR) is 92.4 cm³/mol. The van der Waals surface area contributed by atoms with E-state index in [-0.39, 0.29) is 0 Å². The molecule has 2 aromatic rings. The molecule has 0 fully saturated rings. The van der Waals surface area contributed by atoms with Gasteiger partial charge < -0.3 is 14.2 Å². The van der Waals surface area contributed by atoms with Crippen molar-refractivity contribution in [3.05, 3.63) is 57.6 Å². The first-order valence-electron chi connectivity index (χ1n) is 7.22. The van der Waals surface area contributed by atoms with Gasteiger partial charge in [0.25, 0.3) is 0 Å². The molecule has 0 atom stereocenters. The smallest absolute Gasteiger partial charge is 0.343 e. The molecule has 0 N–H and O–H groups in total. The van der Waals surface area contributed by atoms with Crippen LogP contribution in [0, 0.1) is 13.8 Å². The lowest BCUT2D eigenvalue weighted by atomic mass is 10.1. The number of ether oxygens (including phenoxy) is 3. The van der Waals surface area contributed by atoms with Gasteiger partial charge in [-0.2, -0.15) is 0 Å². The Hall–Kier alpha value is -1.85. The number of methoxy groups -OCH3 is 1. The molecule has 0 aromatic heterocycles. The molecule has 0 saturated heterocycles. The Balaban J connectivity index is 2.09. The fourth-order valence-corrected chi connectivity index (χ4v) is 2.55. The molecule has 0 heterocycles. The molecule has 2 aromatic carbocycles. The van der Waals surface area contributed by atoms with Crippen LogP contribution in [0.15, 0.2) is 40.9 Å². The second kappa shape index (κ2) is 8.13. The molecule has 23 heavy (non-hydrogen) atoms. The number of hydrogen-bond donors (Lipinski definition) is 0. The number of halogens is 1. The van der Waals surface area contributed by atoms with Gasteiger partial charge in [0, 0.05) is 7.11 Å². The van der Waals surface area contributed by atoms with Gasteiger partial charge in [0.2, 0.25) is 0 Å². The lowest BCUT2D eigenvalue weighted by Crippen LogP contribution is -2.10. The van der Waals surface area contributed by atoms with E-state index in [4.69, 9.17) is 14.2 Å². The second-order valence-corrected chi connectivity index (χ2v) is 6.00. The topological polar surface area (TPSA) is 44.8 Å². The fraction of sp³-hybridized carbons (Fsp3) is 0.278. The van der Waals surface area contributed by atoms with Crippen molar-refractivity contribution in [1.29, 1.82) is 0 Å². The number of carbonyl (C=O) groups is 1. The third-order valence-corrected chi connectivity index (χ3v) is 3.87. The SMILES string of the molecule is COCCOc1ccc(C(=O)Oc2ccc(C)cc2C)cc1Br. The highest BCUT2D eigenvalue weighted by Crippen LogP contribution is 2.27. The van der Waals surface area contributed by atoms with Crippen LogP contribution in [0.1, 0.15) is 21.5 Å². The molecule has 0 aliphatic carbocycles. The highest BCUT2D eigenvalue weighted by molar-refractivity contribution is 9.10. The zero-order chi connectivity index (χ0) is 16.8. The van der Waals surface area contributed by atoms with Gasteiger partial charge in [0.15, 0.2) is 0 Å². The lowest BCUT2D eigenvalue weighted by Gasteiger charge is -2.10. The molecule has 0 saturated carbocycles. The maximum atomic E-state index is 12.3. The van der Waals surface area contributed by atoms with Crippen LogP contribution in [0.25, 0.3) is 0 Å². The van der Waals surface area contributed by atoms with Gasteiger partial charge in [0.05, 0.1) is 16.6 Å². The van der Waals surface area contributed by atoms with Crippen molar-refractivity contribution in [3.63, 3.8) is 0 Å². The molecule has 0 bridgehead atoms. The first-order valence-corrected chi connectivity index (χ1v) is 8.01. The first-order chi connectivity index (χ1) is 11.0. The average Bonchev–Trinajstić information content (AvgIpc) is 2.51. The van der Waals surface area contributed by atoms with E-state index in [0.29, 0.717) is 34.7 Å². The van der Waals surface area contributed by atoms with Gasteiger partial charge >= 0.3 is 5.97 Å². The van der Waals surface area contributed by atoms with Crippen molar-refractivity contribution in [2.45, 2.75) is 13.8 Å². The predicted octanol–water partition coefficient (Wildman–Crippen LogP) is 4.31. The highest BCUT2D eigenvalue weighted by atomic mass is 79.9. The van der Waals surface area contributed by atoms with Crippen molar-refractivity contribution in [3.8, 4) is 11.5 Å². The summed E-state index contributed by atoms with van der Waals surface area (Å²) in [5.41, 5.74) is 2.51. The molecule has 4 nitrogen and oxygen atoms in total. The Morgan fingerprint density at radius 2 is 1.78 bits per heavy atom. The Bertz CT molecular complexity index is 697. The maximum absolute atomic E-state index is 12.3. The second-order valence-electron chi connectivity index (χ2n) is 5.14.